The third kappa shape index (κ3) is 4.26. The molecule has 17 heavy (non-hydrogen) atoms. The SMILES string of the molecule is CC1NCCN(Cc2cnc(N)s2)C1C.Cl.Cl. The van der Waals surface area contributed by atoms with Crippen molar-refractivity contribution in [1.82, 2.24) is 15.2 Å². The second-order valence-corrected chi connectivity index (χ2v) is 5.27. The highest BCUT2D eigenvalue weighted by atomic mass is 35.5. The number of rotatable bonds is 2. The summed E-state index contributed by atoms with van der Waals surface area (Å²) in [6, 6.07) is 1.13. The van der Waals surface area contributed by atoms with Gasteiger partial charge in [0.15, 0.2) is 5.13 Å². The van der Waals surface area contributed by atoms with Crippen molar-refractivity contribution in [3.63, 3.8) is 0 Å². The summed E-state index contributed by atoms with van der Waals surface area (Å²) in [6.45, 7) is 7.64. The fraction of sp³-hybridized carbons (Fsp3) is 0.700. The van der Waals surface area contributed by atoms with Gasteiger partial charge in [0.2, 0.25) is 0 Å². The molecule has 2 rings (SSSR count). The Bertz CT molecular complexity index is 334. The van der Waals surface area contributed by atoms with E-state index in [0.717, 1.165) is 19.6 Å². The van der Waals surface area contributed by atoms with Crippen LogP contribution in [0.1, 0.15) is 18.7 Å². The number of nitrogens with two attached hydrogens (primary N) is 1. The molecule has 3 N–H and O–H groups in total. The summed E-state index contributed by atoms with van der Waals surface area (Å²) in [5, 5.41) is 4.14. The van der Waals surface area contributed by atoms with E-state index in [1.165, 1.54) is 4.88 Å². The van der Waals surface area contributed by atoms with Crippen LogP contribution in [-0.4, -0.2) is 35.1 Å². The normalized spacial score (nSPS) is 24.8. The van der Waals surface area contributed by atoms with Gasteiger partial charge in [-0.2, -0.15) is 0 Å². The number of hydrogen-bond donors (Lipinski definition) is 2. The maximum absolute atomic E-state index is 5.62. The average molecular weight is 299 g/mol. The van der Waals surface area contributed by atoms with E-state index in [4.69, 9.17) is 5.73 Å². The Kier molecular flexibility index (Phi) is 7.35. The molecule has 2 heterocycles. The first-order valence-electron chi connectivity index (χ1n) is 5.34. The number of nitrogens with one attached hydrogen (secondary N) is 1. The first kappa shape index (κ1) is 16.9. The third-order valence-electron chi connectivity index (χ3n) is 3.10. The molecule has 1 saturated heterocycles. The standard InChI is InChI=1S/C10H18N4S.2ClH/c1-7-8(2)14(4-3-12-7)6-9-5-13-10(11)15-9;;/h5,7-8,12H,3-4,6H2,1-2H3,(H2,11,13);2*1H. The number of thiazole rings is 1. The zero-order valence-corrected chi connectivity index (χ0v) is 12.5. The van der Waals surface area contributed by atoms with Gasteiger partial charge in [-0.25, -0.2) is 4.98 Å². The Morgan fingerprint density at radius 3 is 2.82 bits per heavy atom. The number of hydrogen-bond acceptors (Lipinski definition) is 5. The smallest absolute Gasteiger partial charge is 0.180 e. The van der Waals surface area contributed by atoms with E-state index < -0.39 is 0 Å². The maximum atomic E-state index is 5.62. The van der Waals surface area contributed by atoms with Crippen LogP contribution in [0, 0.1) is 0 Å². The van der Waals surface area contributed by atoms with Gasteiger partial charge in [-0.3, -0.25) is 4.90 Å². The van der Waals surface area contributed by atoms with Gasteiger partial charge in [-0.1, -0.05) is 0 Å². The molecule has 1 aliphatic heterocycles. The summed E-state index contributed by atoms with van der Waals surface area (Å²) in [7, 11) is 0. The molecule has 1 aromatic rings. The fourth-order valence-electron chi connectivity index (χ4n) is 1.95. The minimum absolute atomic E-state index is 0. The molecule has 0 saturated carbocycles. The van der Waals surface area contributed by atoms with E-state index in [1.54, 1.807) is 11.3 Å². The van der Waals surface area contributed by atoms with Crippen LogP contribution in [-0.2, 0) is 6.54 Å². The summed E-state index contributed by atoms with van der Waals surface area (Å²) in [5.41, 5.74) is 5.62. The lowest BCUT2D eigenvalue weighted by Crippen LogP contribution is -2.54. The number of piperazine rings is 1. The van der Waals surface area contributed by atoms with Gasteiger partial charge >= 0.3 is 0 Å². The molecule has 100 valence electrons. The van der Waals surface area contributed by atoms with Gasteiger partial charge in [-0.05, 0) is 13.8 Å². The first-order chi connectivity index (χ1) is 7.16. The van der Waals surface area contributed by atoms with Gasteiger partial charge in [0.05, 0.1) is 0 Å². The largest absolute Gasteiger partial charge is 0.375 e. The van der Waals surface area contributed by atoms with Crippen molar-refractivity contribution >= 4 is 41.3 Å². The lowest BCUT2D eigenvalue weighted by Gasteiger charge is -2.38. The lowest BCUT2D eigenvalue weighted by molar-refractivity contribution is 0.132. The number of aromatic nitrogens is 1. The molecule has 0 bridgehead atoms. The average Bonchev–Trinajstić information content (AvgIpc) is 2.59. The second-order valence-electron chi connectivity index (χ2n) is 4.12. The molecule has 1 aliphatic rings. The molecule has 4 nitrogen and oxygen atoms in total. The minimum atomic E-state index is 0. The number of nitrogens with zero attached hydrogens (tertiary/aromatic N) is 2. The molecule has 1 aromatic heterocycles. The Morgan fingerprint density at radius 2 is 2.24 bits per heavy atom. The molecule has 0 amide bonds. The van der Waals surface area contributed by atoms with Crippen molar-refractivity contribution in [3.8, 4) is 0 Å². The van der Waals surface area contributed by atoms with Crippen LogP contribution in [0.3, 0.4) is 0 Å². The van der Waals surface area contributed by atoms with Gasteiger partial charge in [0.25, 0.3) is 0 Å². The summed E-state index contributed by atoms with van der Waals surface area (Å²) in [4.78, 5) is 7.82. The van der Waals surface area contributed by atoms with Crippen molar-refractivity contribution < 1.29 is 0 Å². The Labute approximate surface area is 119 Å². The number of anilines is 1. The quantitative estimate of drug-likeness (QED) is 0.873. The number of halogens is 2. The fourth-order valence-corrected chi connectivity index (χ4v) is 2.66. The molecule has 0 aliphatic carbocycles. The predicted molar refractivity (Wildman–Crippen MR) is 78.4 cm³/mol. The Balaban J connectivity index is 0.00000128. The highest BCUT2D eigenvalue weighted by molar-refractivity contribution is 7.15. The van der Waals surface area contributed by atoms with Gasteiger partial charge in [-0.15, -0.1) is 36.2 Å². The predicted octanol–water partition coefficient (Wildman–Crippen LogP) is 1.75. The van der Waals surface area contributed by atoms with E-state index in [1.807, 2.05) is 6.20 Å². The van der Waals surface area contributed by atoms with E-state index >= 15 is 0 Å². The maximum Gasteiger partial charge on any atom is 0.180 e. The number of nitrogen functional groups attached to an aromatic ring is 1. The molecule has 0 radical (unpaired) electrons. The van der Waals surface area contributed by atoms with E-state index in [-0.39, 0.29) is 24.8 Å². The van der Waals surface area contributed by atoms with Crippen LogP contribution in [0.4, 0.5) is 5.13 Å². The van der Waals surface area contributed by atoms with Crippen molar-refractivity contribution in [2.45, 2.75) is 32.5 Å². The van der Waals surface area contributed by atoms with Crippen LogP contribution in [0.15, 0.2) is 6.20 Å². The van der Waals surface area contributed by atoms with Crippen molar-refractivity contribution in [2.75, 3.05) is 18.8 Å². The molecule has 0 spiro atoms. The highest BCUT2D eigenvalue weighted by Gasteiger charge is 2.24. The zero-order chi connectivity index (χ0) is 10.8. The van der Waals surface area contributed by atoms with Crippen LogP contribution in [0.2, 0.25) is 0 Å². The Hall–Kier alpha value is -0.0700. The molecule has 2 unspecified atom stereocenters. The monoisotopic (exact) mass is 298 g/mol. The van der Waals surface area contributed by atoms with Gasteiger partial charge in [0, 0.05) is 42.8 Å². The minimum Gasteiger partial charge on any atom is -0.375 e. The van der Waals surface area contributed by atoms with Crippen molar-refractivity contribution in [1.29, 1.82) is 0 Å². The third-order valence-corrected chi connectivity index (χ3v) is 3.91. The van der Waals surface area contributed by atoms with Gasteiger partial charge in [0.1, 0.15) is 0 Å². The Morgan fingerprint density at radius 1 is 1.53 bits per heavy atom. The first-order valence-corrected chi connectivity index (χ1v) is 6.16. The summed E-state index contributed by atoms with van der Waals surface area (Å²) >= 11 is 1.59. The van der Waals surface area contributed by atoms with Crippen LogP contribution in [0.25, 0.3) is 0 Å². The topological polar surface area (TPSA) is 54.2 Å². The molecular weight excluding hydrogens is 279 g/mol. The van der Waals surface area contributed by atoms with Crippen LogP contribution < -0.4 is 11.1 Å². The van der Waals surface area contributed by atoms with Crippen molar-refractivity contribution in [2.24, 2.45) is 0 Å². The molecule has 2 atom stereocenters. The second kappa shape index (κ2) is 7.38. The van der Waals surface area contributed by atoms with Gasteiger partial charge < -0.3 is 11.1 Å². The summed E-state index contributed by atoms with van der Waals surface area (Å²) < 4.78 is 0. The highest BCUT2D eigenvalue weighted by Crippen LogP contribution is 2.19. The lowest BCUT2D eigenvalue weighted by atomic mass is 10.1. The summed E-state index contributed by atoms with van der Waals surface area (Å²) in [6.07, 6.45) is 1.89. The molecule has 1 fully saturated rings. The van der Waals surface area contributed by atoms with Crippen LogP contribution >= 0.6 is 36.2 Å². The van der Waals surface area contributed by atoms with E-state index in [9.17, 15) is 0 Å². The summed E-state index contributed by atoms with van der Waals surface area (Å²) in [5.74, 6) is 0. The molecule has 0 aromatic carbocycles. The molecule has 7 heteroatoms. The van der Waals surface area contributed by atoms with E-state index in [0.29, 0.717) is 17.2 Å². The van der Waals surface area contributed by atoms with Crippen LogP contribution in [0.5, 0.6) is 0 Å². The zero-order valence-electron chi connectivity index (χ0n) is 10.0. The van der Waals surface area contributed by atoms with E-state index in [2.05, 4.69) is 29.0 Å². The van der Waals surface area contributed by atoms with Crippen molar-refractivity contribution in [3.05, 3.63) is 11.1 Å². The molecular formula is C10H20Cl2N4S.